The van der Waals surface area contributed by atoms with Crippen molar-refractivity contribution in [3.63, 3.8) is 0 Å². The fourth-order valence-electron chi connectivity index (χ4n) is 1.08. The summed E-state index contributed by atoms with van der Waals surface area (Å²) in [6.07, 6.45) is -4.73. The largest absolute Gasteiger partial charge is 0.573 e. The van der Waals surface area contributed by atoms with E-state index >= 15 is 0 Å². The van der Waals surface area contributed by atoms with Crippen molar-refractivity contribution in [2.24, 2.45) is 0 Å². The summed E-state index contributed by atoms with van der Waals surface area (Å²) < 4.78 is 40.1. The minimum absolute atomic E-state index is 0.0627. The smallest absolute Gasteiger partial charge is 0.404 e. The van der Waals surface area contributed by atoms with E-state index in [1.54, 1.807) is 0 Å². The zero-order valence-electron chi connectivity index (χ0n) is 7.01. The van der Waals surface area contributed by atoms with Gasteiger partial charge in [-0.05, 0) is 12.1 Å². The van der Waals surface area contributed by atoms with Gasteiger partial charge in [0, 0.05) is 0 Å². The Bertz CT molecular complexity index is 496. The highest BCUT2D eigenvalue weighted by Gasteiger charge is 2.32. The van der Waals surface area contributed by atoms with Gasteiger partial charge in [-0.3, -0.25) is 0 Å². The fraction of sp³-hybridized carbons (Fsp3) is 0.125. The monoisotopic (exact) mass is 253 g/mol. The molecule has 1 aromatic carbocycles. The predicted octanol–water partition coefficient (Wildman–Crippen LogP) is 3.85. The van der Waals surface area contributed by atoms with E-state index in [2.05, 4.69) is 9.72 Å². The topological polar surface area (TPSA) is 22.1 Å². The Labute approximate surface area is 91.3 Å². The number of nitrogens with zero attached hydrogens (tertiary/aromatic N) is 1. The molecule has 0 saturated carbocycles. The van der Waals surface area contributed by atoms with Gasteiger partial charge in [-0.15, -0.1) is 24.5 Å². The van der Waals surface area contributed by atoms with Gasteiger partial charge in [-0.1, -0.05) is 11.6 Å². The van der Waals surface area contributed by atoms with Gasteiger partial charge in [-0.2, -0.15) is 0 Å². The van der Waals surface area contributed by atoms with Gasteiger partial charge >= 0.3 is 6.36 Å². The van der Waals surface area contributed by atoms with Crippen LogP contribution in [0.2, 0.25) is 5.02 Å². The number of alkyl halides is 3. The normalized spacial score (nSPS) is 12.0. The maximum atomic E-state index is 12.0. The first-order valence-corrected chi connectivity index (χ1v) is 5.00. The highest BCUT2D eigenvalue weighted by Crippen LogP contribution is 2.37. The number of thiazole rings is 1. The van der Waals surface area contributed by atoms with E-state index in [9.17, 15) is 13.2 Å². The van der Waals surface area contributed by atoms with Crippen LogP contribution in [0.25, 0.3) is 10.2 Å². The molecule has 0 N–H and O–H groups in total. The van der Waals surface area contributed by atoms with Crippen LogP contribution in [-0.4, -0.2) is 11.3 Å². The minimum Gasteiger partial charge on any atom is -0.404 e. The van der Waals surface area contributed by atoms with Crippen molar-refractivity contribution in [2.75, 3.05) is 0 Å². The molecule has 0 bridgehead atoms. The van der Waals surface area contributed by atoms with Crippen LogP contribution in [0.3, 0.4) is 0 Å². The number of hydrogen-bond donors (Lipinski definition) is 0. The summed E-state index contributed by atoms with van der Waals surface area (Å²) in [5.41, 5.74) is 2.06. The van der Waals surface area contributed by atoms with Crippen LogP contribution in [0.4, 0.5) is 13.2 Å². The molecular weight excluding hydrogens is 251 g/mol. The van der Waals surface area contributed by atoms with Crippen LogP contribution >= 0.6 is 22.9 Å². The first-order chi connectivity index (χ1) is 6.97. The Morgan fingerprint density at radius 1 is 1.33 bits per heavy atom. The predicted molar refractivity (Wildman–Crippen MR) is 51.3 cm³/mol. The summed E-state index contributed by atoms with van der Waals surface area (Å²) in [6.45, 7) is 0. The number of halogens is 4. The molecule has 7 heteroatoms. The van der Waals surface area contributed by atoms with E-state index in [1.165, 1.54) is 11.6 Å². The Morgan fingerprint density at radius 3 is 2.73 bits per heavy atom. The number of aromatic nitrogens is 1. The van der Waals surface area contributed by atoms with Crippen molar-refractivity contribution in [1.29, 1.82) is 0 Å². The van der Waals surface area contributed by atoms with E-state index in [0.29, 0.717) is 10.2 Å². The van der Waals surface area contributed by atoms with Crippen LogP contribution in [0.5, 0.6) is 5.75 Å². The summed E-state index contributed by atoms with van der Waals surface area (Å²) in [6, 6.07) is 2.58. The van der Waals surface area contributed by atoms with Crippen molar-refractivity contribution in [3.8, 4) is 5.75 Å². The maximum Gasteiger partial charge on any atom is 0.573 e. The van der Waals surface area contributed by atoms with E-state index in [1.807, 2.05) is 0 Å². The maximum absolute atomic E-state index is 12.0. The van der Waals surface area contributed by atoms with Crippen LogP contribution in [0.15, 0.2) is 17.6 Å². The minimum atomic E-state index is -4.73. The molecule has 1 heterocycles. The SMILES string of the molecule is FC(F)(F)Oc1ccc2ncsc2c1Cl. The van der Waals surface area contributed by atoms with E-state index in [4.69, 9.17) is 11.6 Å². The molecule has 0 unspecified atom stereocenters. The average Bonchev–Trinajstić information content (AvgIpc) is 2.56. The van der Waals surface area contributed by atoms with Crippen molar-refractivity contribution in [2.45, 2.75) is 6.36 Å². The van der Waals surface area contributed by atoms with Crippen LogP contribution < -0.4 is 4.74 Å². The van der Waals surface area contributed by atoms with Crippen molar-refractivity contribution in [1.82, 2.24) is 4.98 Å². The molecule has 2 rings (SSSR count). The highest BCUT2D eigenvalue weighted by atomic mass is 35.5. The van der Waals surface area contributed by atoms with E-state index in [0.717, 1.165) is 17.4 Å². The van der Waals surface area contributed by atoms with Gasteiger partial charge in [0.15, 0.2) is 0 Å². The molecule has 0 aliphatic carbocycles. The lowest BCUT2D eigenvalue weighted by atomic mass is 10.3. The molecule has 15 heavy (non-hydrogen) atoms. The van der Waals surface area contributed by atoms with Gasteiger partial charge in [0.2, 0.25) is 0 Å². The summed E-state index contributed by atoms with van der Waals surface area (Å²) in [5, 5.41) is -0.0627. The Kier molecular flexibility index (Phi) is 2.47. The van der Waals surface area contributed by atoms with Gasteiger partial charge in [0.05, 0.1) is 15.7 Å². The molecule has 0 amide bonds. The van der Waals surface area contributed by atoms with Crippen LogP contribution in [-0.2, 0) is 0 Å². The molecular formula is C8H3ClF3NOS. The Morgan fingerprint density at radius 2 is 2.07 bits per heavy atom. The molecule has 1 aromatic heterocycles. The molecule has 0 spiro atoms. The Balaban J connectivity index is 2.48. The van der Waals surface area contributed by atoms with Gasteiger partial charge in [-0.25, -0.2) is 4.98 Å². The Hall–Kier alpha value is -1.01. The zero-order chi connectivity index (χ0) is 11.1. The quantitative estimate of drug-likeness (QED) is 0.770. The van der Waals surface area contributed by atoms with Crippen molar-refractivity contribution in [3.05, 3.63) is 22.7 Å². The molecule has 0 radical (unpaired) electrons. The average molecular weight is 254 g/mol. The molecule has 80 valence electrons. The second-order valence-electron chi connectivity index (χ2n) is 2.63. The van der Waals surface area contributed by atoms with Gasteiger partial charge < -0.3 is 4.74 Å². The molecule has 2 nitrogen and oxygen atoms in total. The molecule has 2 aromatic rings. The molecule has 0 fully saturated rings. The third-order valence-electron chi connectivity index (χ3n) is 1.63. The highest BCUT2D eigenvalue weighted by molar-refractivity contribution is 7.17. The lowest BCUT2D eigenvalue weighted by Crippen LogP contribution is -2.17. The third kappa shape index (κ3) is 2.15. The fourth-order valence-corrected chi connectivity index (χ4v) is 2.13. The number of hydrogen-bond acceptors (Lipinski definition) is 3. The molecule has 0 saturated heterocycles. The summed E-state index contributed by atoms with van der Waals surface area (Å²) in [7, 11) is 0. The van der Waals surface area contributed by atoms with E-state index < -0.39 is 12.1 Å². The van der Waals surface area contributed by atoms with Gasteiger partial charge in [0.1, 0.15) is 10.8 Å². The first kappa shape index (κ1) is 10.5. The summed E-state index contributed by atoms with van der Waals surface area (Å²) in [5.74, 6) is -0.402. The number of fused-ring (bicyclic) bond motifs is 1. The molecule has 0 aliphatic rings. The lowest BCUT2D eigenvalue weighted by molar-refractivity contribution is -0.274. The number of rotatable bonds is 1. The third-order valence-corrected chi connectivity index (χ3v) is 2.98. The van der Waals surface area contributed by atoms with Crippen molar-refractivity contribution >= 4 is 33.2 Å². The first-order valence-electron chi connectivity index (χ1n) is 3.75. The van der Waals surface area contributed by atoms with Crippen LogP contribution in [0.1, 0.15) is 0 Å². The summed E-state index contributed by atoms with van der Waals surface area (Å²) in [4.78, 5) is 3.91. The van der Waals surface area contributed by atoms with Crippen molar-refractivity contribution < 1.29 is 17.9 Å². The van der Waals surface area contributed by atoms with E-state index in [-0.39, 0.29) is 5.02 Å². The number of ether oxygens (including phenoxy) is 1. The van der Waals surface area contributed by atoms with Gasteiger partial charge in [0.25, 0.3) is 0 Å². The molecule has 0 atom stereocenters. The zero-order valence-corrected chi connectivity index (χ0v) is 8.58. The standard InChI is InChI=1S/C8H3ClF3NOS/c9-6-5(14-8(10,11)12)2-1-4-7(6)15-3-13-4/h1-3H. The second-order valence-corrected chi connectivity index (χ2v) is 3.86. The second kappa shape index (κ2) is 3.53. The molecule has 0 aliphatic heterocycles. The van der Waals surface area contributed by atoms with Crippen LogP contribution in [0, 0.1) is 0 Å². The lowest BCUT2D eigenvalue weighted by Gasteiger charge is -2.09. The number of benzene rings is 1. The summed E-state index contributed by atoms with van der Waals surface area (Å²) >= 11 is 6.90.